The topological polar surface area (TPSA) is 83.4 Å². The Morgan fingerprint density at radius 1 is 1.22 bits per heavy atom. The number of carbonyl (C=O) groups is 1. The summed E-state index contributed by atoms with van der Waals surface area (Å²) >= 11 is 0. The maximum absolute atomic E-state index is 11.0. The summed E-state index contributed by atoms with van der Waals surface area (Å²) in [4.78, 5) is 11.0. The van der Waals surface area contributed by atoms with E-state index in [-0.39, 0.29) is 24.4 Å². The number of nitrogens with zero attached hydrogens (tertiary/aromatic N) is 1. The fourth-order valence-corrected chi connectivity index (χ4v) is 2.74. The Bertz CT molecular complexity index is 818. The normalized spacial score (nSPS) is 14.6. The second-order valence-electron chi connectivity index (χ2n) is 6.16. The van der Waals surface area contributed by atoms with E-state index in [2.05, 4.69) is 16.7 Å². The average Bonchev–Trinajstić information content (AvgIpc) is 2.65. The summed E-state index contributed by atoms with van der Waals surface area (Å²) in [6, 6.07) is 15.1. The lowest BCUT2D eigenvalue weighted by atomic mass is 10.1. The molecule has 6 nitrogen and oxygen atoms in total. The third-order valence-electron chi connectivity index (χ3n) is 4.03. The first kappa shape index (κ1) is 20.6. The minimum Gasteiger partial charge on any atom is -0.486 e. The molecule has 7 heteroatoms. The van der Waals surface area contributed by atoms with Gasteiger partial charge in [0.25, 0.3) is 0 Å². The number of amides is 1. The number of benzene rings is 2. The summed E-state index contributed by atoms with van der Waals surface area (Å²) in [5, 5.41) is 15.1. The fourth-order valence-electron chi connectivity index (χ4n) is 2.74. The van der Waals surface area contributed by atoms with Crippen LogP contribution in [0.1, 0.15) is 18.1 Å². The van der Waals surface area contributed by atoms with Gasteiger partial charge in [0.15, 0.2) is 11.5 Å². The highest BCUT2D eigenvalue weighted by molar-refractivity contribution is 5.88. The van der Waals surface area contributed by atoms with Gasteiger partial charge >= 0.3 is 0 Å². The molecule has 0 aliphatic carbocycles. The fraction of sp³-hybridized carbons (Fsp3) is 0.300. The number of hydrogen-bond donors (Lipinski definition) is 2. The van der Waals surface area contributed by atoms with Gasteiger partial charge in [0.1, 0.15) is 12.7 Å². The molecule has 2 aromatic carbocycles. The van der Waals surface area contributed by atoms with Crippen molar-refractivity contribution in [3.8, 4) is 17.6 Å². The molecule has 1 unspecified atom stereocenters. The highest BCUT2D eigenvalue weighted by Gasteiger charge is 2.20. The predicted octanol–water partition coefficient (Wildman–Crippen LogP) is 2.91. The van der Waals surface area contributed by atoms with Crippen molar-refractivity contribution in [2.75, 3.05) is 25.0 Å². The maximum Gasteiger partial charge on any atom is 0.221 e. The molecule has 0 radical (unpaired) electrons. The Kier molecular flexibility index (Phi) is 7.47. The summed E-state index contributed by atoms with van der Waals surface area (Å²) < 4.78 is 11.6. The minimum atomic E-state index is -0.0846. The molecule has 1 heterocycles. The van der Waals surface area contributed by atoms with E-state index < -0.39 is 0 Å². The van der Waals surface area contributed by atoms with Crippen molar-refractivity contribution in [1.82, 2.24) is 5.32 Å². The van der Waals surface area contributed by atoms with E-state index in [0.29, 0.717) is 30.2 Å². The minimum absolute atomic E-state index is 0. The van der Waals surface area contributed by atoms with E-state index in [9.17, 15) is 4.79 Å². The van der Waals surface area contributed by atoms with Crippen molar-refractivity contribution in [1.29, 1.82) is 5.26 Å². The molecular formula is C20H22ClN3O3. The maximum atomic E-state index is 11.0. The summed E-state index contributed by atoms with van der Waals surface area (Å²) in [6.45, 7) is 3.45. The summed E-state index contributed by atoms with van der Waals surface area (Å²) in [5.41, 5.74) is 2.55. The zero-order valence-electron chi connectivity index (χ0n) is 15.0. The second-order valence-corrected chi connectivity index (χ2v) is 6.16. The molecule has 142 valence electrons. The van der Waals surface area contributed by atoms with Crippen molar-refractivity contribution in [2.45, 2.75) is 19.4 Å². The highest BCUT2D eigenvalue weighted by Crippen LogP contribution is 2.32. The third-order valence-corrected chi connectivity index (χ3v) is 4.03. The zero-order valence-corrected chi connectivity index (χ0v) is 15.8. The predicted molar refractivity (Wildman–Crippen MR) is 106 cm³/mol. The molecule has 2 aromatic rings. The van der Waals surface area contributed by atoms with Gasteiger partial charge in [0, 0.05) is 25.2 Å². The van der Waals surface area contributed by atoms with Crippen LogP contribution in [0.5, 0.6) is 11.5 Å². The van der Waals surface area contributed by atoms with Crippen LogP contribution in [-0.2, 0) is 11.2 Å². The largest absolute Gasteiger partial charge is 0.486 e. The molecule has 0 saturated carbocycles. The van der Waals surface area contributed by atoms with Gasteiger partial charge in [-0.05, 0) is 42.8 Å². The zero-order chi connectivity index (χ0) is 18.4. The summed E-state index contributed by atoms with van der Waals surface area (Å²) in [6.07, 6.45) is 0.793. The molecule has 1 aliphatic rings. The Balaban J connectivity index is 0.00000261. The van der Waals surface area contributed by atoms with Gasteiger partial charge in [0.05, 0.1) is 11.6 Å². The van der Waals surface area contributed by atoms with Crippen molar-refractivity contribution in [2.24, 2.45) is 0 Å². The monoisotopic (exact) mass is 387 g/mol. The van der Waals surface area contributed by atoms with E-state index in [1.54, 1.807) is 18.2 Å². The van der Waals surface area contributed by atoms with Crippen LogP contribution in [0.15, 0.2) is 42.5 Å². The quantitative estimate of drug-likeness (QED) is 0.744. The number of anilines is 1. The number of nitriles is 1. The first-order valence-corrected chi connectivity index (χ1v) is 8.55. The smallest absolute Gasteiger partial charge is 0.221 e. The van der Waals surface area contributed by atoms with Crippen molar-refractivity contribution in [3.05, 3.63) is 53.6 Å². The Morgan fingerprint density at radius 2 is 2.00 bits per heavy atom. The van der Waals surface area contributed by atoms with Gasteiger partial charge in [-0.15, -0.1) is 12.4 Å². The van der Waals surface area contributed by atoms with Gasteiger partial charge in [-0.25, -0.2) is 0 Å². The van der Waals surface area contributed by atoms with Crippen LogP contribution in [0.2, 0.25) is 0 Å². The van der Waals surface area contributed by atoms with Gasteiger partial charge in [0.2, 0.25) is 5.91 Å². The van der Waals surface area contributed by atoms with Crippen LogP contribution in [0.3, 0.4) is 0 Å². The standard InChI is InChI=1S/C20H21N3O3.ClH/c1-14(24)23-17-5-2-15(3-6-17)8-9-22-12-18-13-25-19-7-4-16(11-21)10-20(19)26-18;/h2-7,10,18,22H,8-9,12-13H2,1H3,(H,23,24);1H. The van der Waals surface area contributed by atoms with E-state index in [1.807, 2.05) is 24.3 Å². The van der Waals surface area contributed by atoms with Crippen molar-refractivity contribution < 1.29 is 14.3 Å². The SMILES string of the molecule is CC(=O)Nc1ccc(CCNCC2COc3ccc(C#N)cc3O2)cc1.Cl. The third kappa shape index (κ3) is 5.88. The lowest BCUT2D eigenvalue weighted by Gasteiger charge is -2.26. The van der Waals surface area contributed by atoms with Crippen LogP contribution in [0.25, 0.3) is 0 Å². The number of carbonyl (C=O) groups excluding carboxylic acids is 1. The Hall–Kier alpha value is -2.75. The molecule has 2 N–H and O–H groups in total. The molecule has 0 bridgehead atoms. The van der Waals surface area contributed by atoms with E-state index in [0.717, 1.165) is 18.7 Å². The number of fused-ring (bicyclic) bond motifs is 1. The number of nitrogens with one attached hydrogen (secondary N) is 2. The van der Waals surface area contributed by atoms with Crippen LogP contribution in [0, 0.1) is 11.3 Å². The van der Waals surface area contributed by atoms with Crippen LogP contribution >= 0.6 is 12.4 Å². The van der Waals surface area contributed by atoms with Gasteiger partial charge in [-0.3, -0.25) is 4.79 Å². The number of halogens is 1. The average molecular weight is 388 g/mol. The molecule has 0 spiro atoms. The van der Waals surface area contributed by atoms with E-state index >= 15 is 0 Å². The molecule has 0 aromatic heterocycles. The van der Waals surface area contributed by atoms with E-state index in [1.165, 1.54) is 12.5 Å². The van der Waals surface area contributed by atoms with E-state index in [4.69, 9.17) is 14.7 Å². The van der Waals surface area contributed by atoms with Crippen molar-refractivity contribution >= 4 is 24.0 Å². The number of rotatable bonds is 6. The molecule has 0 saturated heterocycles. The Morgan fingerprint density at radius 3 is 2.70 bits per heavy atom. The first-order chi connectivity index (χ1) is 12.6. The lowest BCUT2D eigenvalue weighted by molar-refractivity contribution is -0.114. The van der Waals surface area contributed by atoms with Gasteiger partial charge < -0.3 is 20.1 Å². The molecule has 27 heavy (non-hydrogen) atoms. The molecule has 3 rings (SSSR count). The number of hydrogen-bond acceptors (Lipinski definition) is 5. The highest BCUT2D eigenvalue weighted by atomic mass is 35.5. The summed E-state index contributed by atoms with van der Waals surface area (Å²) in [7, 11) is 0. The van der Waals surface area contributed by atoms with Crippen LogP contribution < -0.4 is 20.1 Å². The second kappa shape index (κ2) is 9.81. The van der Waals surface area contributed by atoms with Crippen molar-refractivity contribution in [3.63, 3.8) is 0 Å². The summed E-state index contributed by atoms with van der Waals surface area (Å²) in [5.74, 6) is 1.23. The number of ether oxygens (including phenoxy) is 2. The molecule has 0 fully saturated rings. The van der Waals surface area contributed by atoms with Gasteiger partial charge in [-0.1, -0.05) is 12.1 Å². The van der Waals surface area contributed by atoms with Crippen LogP contribution in [0.4, 0.5) is 5.69 Å². The molecule has 1 amide bonds. The van der Waals surface area contributed by atoms with Crippen LogP contribution in [-0.4, -0.2) is 31.7 Å². The first-order valence-electron chi connectivity index (χ1n) is 8.55. The Labute approximate surface area is 164 Å². The molecular weight excluding hydrogens is 366 g/mol. The molecule has 1 aliphatic heterocycles. The van der Waals surface area contributed by atoms with Gasteiger partial charge in [-0.2, -0.15) is 5.26 Å². The lowest BCUT2D eigenvalue weighted by Crippen LogP contribution is -2.39. The molecule has 1 atom stereocenters.